The van der Waals surface area contributed by atoms with Crippen molar-refractivity contribution in [2.45, 2.75) is 0 Å². The highest BCUT2D eigenvalue weighted by molar-refractivity contribution is 7.27. The van der Waals surface area contributed by atoms with Crippen molar-refractivity contribution in [3.8, 4) is 22.3 Å². The number of fused-ring (bicyclic) bond motifs is 5. The maximum Gasteiger partial charge on any atom is 0.0640 e. The summed E-state index contributed by atoms with van der Waals surface area (Å²) in [6.07, 6.45) is 0. The Morgan fingerprint density at radius 2 is 0.952 bits per heavy atom. The van der Waals surface area contributed by atoms with Crippen LogP contribution >= 0.6 is 11.3 Å². The summed E-state index contributed by atoms with van der Waals surface area (Å²) in [4.78, 5) is 2.42. The fraction of sp³-hybridized carbons (Fsp3) is 0. The molecular weight excluding hydrogens is 527 g/mol. The Balaban J connectivity index is 1.35. The minimum absolute atomic E-state index is 1.13. The van der Waals surface area contributed by atoms with Crippen LogP contribution in [-0.4, -0.2) is 0 Å². The summed E-state index contributed by atoms with van der Waals surface area (Å²) in [5, 5.41) is 5.20. The molecule has 0 aliphatic carbocycles. The van der Waals surface area contributed by atoms with Gasteiger partial charge in [-0.15, -0.1) is 11.3 Å². The Morgan fingerprint density at radius 3 is 1.74 bits per heavy atom. The van der Waals surface area contributed by atoms with Gasteiger partial charge in [-0.05, 0) is 63.4 Å². The summed E-state index contributed by atoms with van der Waals surface area (Å²) in [5.41, 5.74) is 8.31. The van der Waals surface area contributed by atoms with Crippen LogP contribution in [0.4, 0.5) is 17.1 Å². The van der Waals surface area contributed by atoms with Crippen molar-refractivity contribution in [1.82, 2.24) is 0 Å². The third-order valence-corrected chi connectivity index (χ3v) is 9.33. The molecule has 0 spiro atoms. The maximum absolute atomic E-state index is 2.42. The summed E-state index contributed by atoms with van der Waals surface area (Å²) < 4.78 is 2.63. The molecule has 7 aromatic carbocycles. The van der Waals surface area contributed by atoms with Crippen molar-refractivity contribution >= 4 is 59.3 Å². The molecule has 0 atom stereocenters. The van der Waals surface area contributed by atoms with E-state index < -0.39 is 0 Å². The number of benzene rings is 7. The van der Waals surface area contributed by atoms with Crippen molar-refractivity contribution in [2.75, 3.05) is 4.90 Å². The van der Waals surface area contributed by atoms with Gasteiger partial charge in [0.2, 0.25) is 0 Å². The minimum atomic E-state index is 1.13. The van der Waals surface area contributed by atoms with Gasteiger partial charge in [0.15, 0.2) is 0 Å². The van der Waals surface area contributed by atoms with Crippen LogP contribution in [0.15, 0.2) is 164 Å². The fourth-order valence-electron chi connectivity index (χ4n) is 6.00. The van der Waals surface area contributed by atoms with Gasteiger partial charge >= 0.3 is 0 Å². The third kappa shape index (κ3) is 4.25. The van der Waals surface area contributed by atoms with Gasteiger partial charge in [-0.3, -0.25) is 0 Å². The van der Waals surface area contributed by atoms with Gasteiger partial charge in [0.25, 0.3) is 0 Å². The van der Waals surface area contributed by atoms with E-state index in [4.69, 9.17) is 0 Å². The standard InChI is InChI=1S/C40H27NS/c1-3-11-28(12-4-1)30-21-24-33(25-22-30)41(34-17-9-16-32(27-34)29-13-5-2-6-14-29)38-20-10-19-36-37-26-23-31-15-7-8-18-35(31)39(37)42-40(36)38/h1-27H. The van der Waals surface area contributed by atoms with Gasteiger partial charge in [-0.1, -0.05) is 133 Å². The highest BCUT2D eigenvalue weighted by atomic mass is 32.1. The predicted molar refractivity (Wildman–Crippen MR) is 182 cm³/mol. The van der Waals surface area contributed by atoms with Gasteiger partial charge in [0, 0.05) is 26.8 Å². The Kier molecular flexibility index (Phi) is 6.05. The van der Waals surface area contributed by atoms with Gasteiger partial charge in [-0.2, -0.15) is 0 Å². The van der Waals surface area contributed by atoms with Crippen LogP contribution in [-0.2, 0) is 0 Å². The molecule has 198 valence electrons. The van der Waals surface area contributed by atoms with E-state index in [1.54, 1.807) is 0 Å². The molecule has 1 nitrogen and oxygen atoms in total. The lowest BCUT2D eigenvalue weighted by Gasteiger charge is -2.27. The van der Waals surface area contributed by atoms with Crippen molar-refractivity contribution < 1.29 is 0 Å². The Bertz CT molecular complexity index is 2180. The first kappa shape index (κ1) is 24.6. The number of rotatable bonds is 5. The lowest BCUT2D eigenvalue weighted by molar-refractivity contribution is 1.30. The fourth-order valence-corrected chi connectivity index (χ4v) is 7.34. The highest BCUT2D eigenvalue weighted by Gasteiger charge is 2.19. The molecular formula is C40H27NS. The molecule has 0 aliphatic rings. The molecule has 0 saturated heterocycles. The molecule has 0 aliphatic heterocycles. The Morgan fingerprint density at radius 1 is 0.357 bits per heavy atom. The zero-order valence-electron chi connectivity index (χ0n) is 22.9. The SMILES string of the molecule is c1ccc(-c2ccc(N(c3cccc(-c4ccccc4)c3)c3cccc4c3sc3c5ccccc5ccc43)cc2)cc1. The maximum atomic E-state index is 2.42. The van der Waals surface area contributed by atoms with Gasteiger partial charge in [-0.25, -0.2) is 0 Å². The third-order valence-electron chi connectivity index (χ3n) is 8.05. The first-order valence-corrected chi connectivity index (χ1v) is 15.1. The van der Waals surface area contributed by atoms with E-state index in [1.165, 1.54) is 58.9 Å². The molecule has 0 saturated carbocycles. The molecule has 2 heteroatoms. The lowest BCUT2D eigenvalue weighted by atomic mass is 10.0. The lowest BCUT2D eigenvalue weighted by Crippen LogP contribution is -2.10. The second-order valence-corrected chi connectivity index (χ2v) is 11.6. The first-order valence-electron chi connectivity index (χ1n) is 14.3. The van der Waals surface area contributed by atoms with Gasteiger partial charge in [0.1, 0.15) is 0 Å². The molecule has 0 N–H and O–H groups in total. The van der Waals surface area contributed by atoms with E-state index in [2.05, 4.69) is 169 Å². The summed E-state index contributed by atoms with van der Waals surface area (Å²) >= 11 is 1.89. The molecule has 8 rings (SSSR count). The predicted octanol–water partition coefficient (Wildman–Crippen LogP) is 12.0. The number of hydrogen-bond donors (Lipinski definition) is 0. The van der Waals surface area contributed by atoms with Crippen LogP contribution in [0.1, 0.15) is 0 Å². The summed E-state index contributed by atoms with van der Waals surface area (Å²) in [5.74, 6) is 0. The highest BCUT2D eigenvalue weighted by Crippen LogP contribution is 2.46. The quantitative estimate of drug-likeness (QED) is 0.205. The molecule has 1 heterocycles. The molecule has 0 bridgehead atoms. The number of hydrogen-bond acceptors (Lipinski definition) is 2. The second-order valence-electron chi connectivity index (χ2n) is 10.6. The van der Waals surface area contributed by atoms with Gasteiger partial charge < -0.3 is 4.90 Å². The molecule has 42 heavy (non-hydrogen) atoms. The van der Waals surface area contributed by atoms with E-state index >= 15 is 0 Å². The molecule has 1 aromatic heterocycles. The van der Waals surface area contributed by atoms with Crippen LogP contribution in [0, 0.1) is 0 Å². The number of nitrogens with zero attached hydrogens (tertiary/aromatic N) is 1. The van der Waals surface area contributed by atoms with E-state index in [-0.39, 0.29) is 0 Å². The zero-order valence-corrected chi connectivity index (χ0v) is 23.8. The second kappa shape index (κ2) is 10.3. The van der Waals surface area contributed by atoms with Crippen LogP contribution in [0.3, 0.4) is 0 Å². The molecule has 0 amide bonds. The zero-order chi connectivity index (χ0) is 27.9. The average Bonchev–Trinajstić information content (AvgIpc) is 3.46. The largest absolute Gasteiger partial charge is 0.309 e. The Hall–Kier alpha value is -5.18. The van der Waals surface area contributed by atoms with Crippen molar-refractivity contribution in [1.29, 1.82) is 0 Å². The monoisotopic (exact) mass is 553 g/mol. The van der Waals surface area contributed by atoms with Crippen LogP contribution in [0.5, 0.6) is 0 Å². The normalized spacial score (nSPS) is 11.3. The minimum Gasteiger partial charge on any atom is -0.309 e. The van der Waals surface area contributed by atoms with E-state index in [0.29, 0.717) is 0 Å². The van der Waals surface area contributed by atoms with E-state index in [1.807, 2.05) is 11.3 Å². The smallest absolute Gasteiger partial charge is 0.0640 e. The Labute approximate surface area is 249 Å². The molecule has 0 unspecified atom stereocenters. The van der Waals surface area contributed by atoms with Gasteiger partial charge in [0.05, 0.1) is 10.4 Å². The molecule has 0 fully saturated rings. The summed E-state index contributed by atoms with van der Waals surface area (Å²) in [7, 11) is 0. The van der Waals surface area contributed by atoms with Crippen LogP contribution < -0.4 is 4.90 Å². The van der Waals surface area contributed by atoms with Crippen molar-refractivity contribution in [3.05, 3.63) is 164 Å². The number of anilines is 3. The first-order chi connectivity index (χ1) is 20.8. The topological polar surface area (TPSA) is 3.24 Å². The molecule has 0 radical (unpaired) electrons. The number of thiophene rings is 1. The van der Waals surface area contributed by atoms with Crippen molar-refractivity contribution in [3.63, 3.8) is 0 Å². The summed E-state index contributed by atoms with van der Waals surface area (Å²) in [6.45, 7) is 0. The van der Waals surface area contributed by atoms with Crippen molar-refractivity contribution in [2.24, 2.45) is 0 Å². The van der Waals surface area contributed by atoms with E-state index in [9.17, 15) is 0 Å². The average molecular weight is 554 g/mol. The van der Waals surface area contributed by atoms with Crippen LogP contribution in [0.25, 0.3) is 53.2 Å². The van der Waals surface area contributed by atoms with E-state index in [0.717, 1.165) is 11.4 Å². The van der Waals surface area contributed by atoms with Crippen LogP contribution in [0.2, 0.25) is 0 Å². The molecule has 8 aromatic rings. The summed E-state index contributed by atoms with van der Waals surface area (Å²) in [6, 6.07) is 59.0.